The van der Waals surface area contributed by atoms with Gasteiger partial charge in [0.1, 0.15) is 0 Å². The number of aliphatic carboxylic acids is 1. The SMILES string of the molecule is CN1CCc2[nH]ncc2C1CC(=O)O. The highest BCUT2D eigenvalue weighted by Crippen LogP contribution is 2.29. The van der Waals surface area contributed by atoms with Crippen LogP contribution in [0.5, 0.6) is 0 Å². The van der Waals surface area contributed by atoms with Gasteiger partial charge in [0.2, 0.25) is 0 Å². The van der Waals surface area contributed by atoms with Crippen LogP contribution >= 0.6 is 0 Å². The van der Waals surface area contributed by atoms with Crippen molar-refractivity contribution >= 4 is 5.97 Å². The highest BCUT2D eigenvalue weighted by Gasteiger charge is 2.27. The highest BCUT2D eigenvalue weighted by molar-refractivity contribution is 5.68. The van der Waals surface area contributed by atoms with Gasteiger partial charge in [0, 0.05) is 30.3 Å². The van der Waals surface area contributed by atoms with Gasteiger partial charge in [0.25, 0.3) is 0 Å². The number of likely N-dealkylation sites (N-methyl/N-ethyl adjacent to an activating group) is 1. The molecular weight excluding hydrogens is 182 g/mol. The molecule has 2 heterocycles. The van der Waals surface area contributed by atoms with Gasteiger partial charge in [0.15, 0.2) is 0 Å². The molecule has 0 amide bonds. The van der Waals surface area contributed by atoms with Gasteiger partial charge in [-0.15, -0.1) is 0 Å². The first-order chi connectivity index (χ1) is 6.68. The molecule has 5 nitrogen and oxygen atoms in total. The average molecular weight is 195 g/mol. The Labute approximate surface area is 81.7 Å². The van der Waals surface area contributed by atoms with E-state index in [0.717, 1.165) is 24.2 Å². The lowest BCUT2D eigenvalue weighted by Gasteiger charge is -2.30. The number of carbonyl (C=O) groups is 1. The van der Waals surface area contributed by atoms with Crippen molar-refractivity contribution in [3.63, 3.8) is 0 Å². The molecule has 0 fully saturated rings. The number of nitrogens with zero attached hydrogens (tertiary/aromatic N) is 2. The third-order valence-corrected chi connectivity index (χ3v) is 2.73. The summed E-state index contributed by atoms with van der Waals surface area (Å²) in [7, 11) is 1.95. The third kappa shape index (κ3) is 1.50. The maximum Gasteiger partial charge on any atom is 0.305 e. The van der Waals surface area contributed by atoms with E-state index in [4.69, 9.17) is 5.11 Å². The van der Waals surface area contributed by atoms with Crippen molar-refractivity contribution in [2.75, 3.05) is 13.6 Å². The van der Waals surface area contributed by atoms with Gasteiger partial charge < -0.3 is 5.11 Å². The van der Waals surface area contributed by atoms with Crippen LogP contribution in [-0.2, 0) is 11.2 Å². The van der Waals surface area contributed by atoms with E-state index >= 15 is 0 Å². The number of carboxylic acids is 1. The second-order valence-corrected chi connectivity index (χ2v) is 3.65. The number of aromatic nitrogens is 2. The molecular formula is C9H13N3O2. The lowest BCUT2D eigenvalue weighted by Crippen LogP contribution is -2.33. The second kappa shape index (κ2) is 3.42. The molecule has 0 saturated carbocycles. The summed E-state index contributed by atoms with van der Waals surface area (Å²) in [6.07, 6.45) is 2.80. The van der Waals surface area contributed by atoms with E-state index in [9.17, 15) is 4.79 Å². The number of fused-ring (bicyclic) bond motifs is 1. The van der Waals surface area contributed by atoms with Crippen molar-refractivity contribution in [1.82, 2.24) is 15.1 Å². The van der Waals surface area contributed by atoms with E-state index < -0.39 is 5.97 Å². The number of H-pyrrole nitrogens is 1. The van der Waals surface area contributed by atoms with Gasteiger partial charge in [-0.05, 0) is 7.05 Å². The molecule has 1 atom stereocenters. The van der Waals surface area contributed by atoms with Gasteiger partial charge in [-0.3, -0.25) is 14.8 Å². The maximum atomic E-state index is 10.7. The number of hydrogen-bond acceptors (Lipinski definition) is 3. The van der Waals surface area contributed by atoms with Gasteiger partial charge >= 0.3 is 5.97 Å². The summed E-state index contributed by atoms with van der Waals surface area (Å²) in [6, 6.07) is -0.0324. The molecule has 76 valence electrons. The van der Waals surface area contributed by atoms with E-state index in [1.165, 1.54) is 0 Å². The monoisotopic (exact) mass is 195 g/mol. The minimum absolute atomic E-state index is 0.0324. The maximum absolute atomic E-state index is 10.7. The molecule has 0 bridgehead atoms. The van der Waals surface area contributed by atoms with Crippen LogP contribution in [0.25, 0.3) is 0 Å². The average Bonchev–Trinajstić information content (AvgIpc) is 2.57. The predicted molar refractivity (Wildman–Crippen MR) is 49.9 cm³/mol. The normalized spacial score (nSPS) is 21.9. The van der Waals surface area contributed by atoms with Crippen molar-refractivity contribution in [3.8, 4) is 0 Å². The van der Waals surface area contributed by atoms with Crippen molar-refractivity contribution in [3.05, 3.63) is 17.5 Å². The molecule has 2 N–H and O–H groups in total. The molecule has 1 aliphatic heterocycles. The standard InChI is InChI=1S/C9H13N3O2/c1-12-3-2-7-6(5-10-11-7)8(12)4-9(13)14/h5,8H,2-4H2,1H3,(H,10,11)(H,13,14). The third-order valence-electron chi connectivity index (χ3n) is 2.73. The molecule has 0 aromatic carbocycles. The number of aromatic amines is 1. The highest BCUT2D eigenvalue weighted by atomic mass is 16.4. The van der Waals surface area contributed by atoms with Gasteiger partial charge in [-0.1, -0.05) is 0 Å². The Hall–Kier alpha value is -1.36. The van der Waals surface area contributed by atoms with Crippen LogP contribution in [-0.4, -0.2) is 39.8 Å². The van der Waals surface area contributed by atoms with E-state index in [2.05, 4.69) is 15.1 Å². The Kier molecular flexibility index (Phi) is 2.25. The molecule has 1 aromatic rings. The zero-order chi connectivity index (χ0) is 10.1. The first-order valence-electron chi connectivity index (χ1n) is 4.62. The first kappa shape index (κ1) is 9.21. The van der Waals surface area contributed by atoms with Crippen LogP contribution in [0.15, 0.2) is 6.20 Å². The molecule has 14 heavy (non-hydrogen) atoms. The first-order valence-corrected chi connectivity index (χ1v) is 4.62. The predicted octanol–water partition coefficient (Wildman–Crippen LogP) is 0.413. The van der Waals surface area contributed by atoms with E-state index in [1.807, 2.05) is 7.05 Å². The van der Waals surface area contributed by atoms with Crippen LogP contribution in [0.4, 0.5) is 0 Å². The molecule has 1 unspecified atom stereocenters. The largest absolute Gasteiger partial charge is 0.481 e. The van der Waals surface area contributed by atoms with E-state index in [-0.39, 0.29) is 12.5 Å². The van der Waals surface area contributed by atoms with Crippen LogP contribution in [0.1, 0.15) is 23.7 Å². The molecule has 2 rings (SSSR count). The summed E-state index contributed by atoms with van der Waals surface area (Å²) in [5.41, 5.74) is 2.11. The molecule has 5 heteroatoms. The fourth-order valence-electron chi connectivity index (χ4n) is 1.92. The fraction of sp³-hybridized carbons (Fsp3) is 0.556. The Morgan fingerprint density at radius 2 is 2.64 bits per heavy atom. The number of carboxylic acid groups (broad SMARTS) is 1. The Balaban J connectivity index is 2.26. The molecule has 1 aromatic heterocycles. The zero-order valence-electron chi connectivity index (χ0n) is 8.03. The van der Waals surface area contributed by atoms with E-state index in [1.54, 1.807) is 6.20 Å². The summed E-state index contributed by atoms with van der Waals surface area (Å²) in [6.45, 7) is 0.882. The Morgan fingerprint density at radius 1 is 1.86 bits per heavy atom. The van der Waals surface area contributed by atoms with Crippen molar-refractivity contribution in [1.29, 1.82) is 0 Å². The molecule has 0 aliphatic carbocycles. The quantitative estimate of drug-likeness (QED) is 0.717. The smallest absolute Gasteiger partial charge is 0.305 e. The molecule has 0 spiro atoms. The molecule has 1 aliphatic rings. The summed E-state index contributed by atoms with van der Waals surface area (Å²) in [4.78, 5) is 12.7. The Bertz CT molecular complexity index is 348. The summed E-state index contributed by atoms with van der Waals surface area (Å²) in [5.74, 6) is -0.768. The molecule has 0 radical (unpaired) electrons. The van der Waals surface area contributed by atoms with Crippen LogP contribution in [0.3, 0.4) is 0 Å². The topological polar surface area (TPSA) is 69.2 Å². The van der Waals surface area contributed by atoms with Crippen LogP contribution < -0.4 is 0 Å². The van der Waals surface area contributed by atoms with Crippen molar-refractivity contribution < 1.29 is 9.90 Å². The van der Waals surface area contributed by atoms with Gasteiger partial charge in [-0.25, -0.2) is 0 Å². The summed E-state index contributed by atoms with van der Waals surface area (Å²) in [5, 5.41) is 15.7. The minimum Gasteiger partial charge on any atom is -0.481 e. The summed E-state index contributed by atoms with van der Waals surface area (Å²) < 4.78 is 0. The number of nitrogens with one attached hydrogen (secondary N) is 1. The van der Waals surface area contributed by atoms with E-state index in [0.29, 0.717) is 0 Å². The molecule has 0 saturated heterocycles. The van der Waals surface area contributed by atoms with Crippen LogP contribution in [0, 0.1) is 0 Å². The zero-order valence-corrected chi connectivity index (χ0v) is 8.03. The van der Waals surface area contributed by atoms with Gasteiger partial charge in [0.05, 0.1) is 12.6 Å². The number of hydrogen-bond donors (Lipinski definition) is 2. The lowest BCUT2D eigenvalue weighted by molar-refractivity contribution is -0.138. The minimum atomic E-state index is -0.768. The van der Waals surface area contributed by atoms with Crippen molar-refractivity contribution in [2.24, 2.45) is 0 Å². The summed E-state index contributed by atoms with van der Waals surface area (Å²) >= 11 is 0. The van der Waals surface area contributed by atoms with Crippen molar-refractivity contribution in [2.45, 2.75) is 18.9 Å². The van der Waals surface area contributed by atoms with Crippen LogP contribution in [0.2, 0.25) is 0 Å². The fourth-order valence-corrected chi connectivity index (χ4v) is 1.92. The number of rotatable bonds is 2. The Morgan fingerprint density at radius 3 is 3.36 bits per heavy atom. The lowest BCUT2D eigenvalue weighted by atomic mass is 9.97. The second-order valence-electron chi connectivity index (χ2n) is 3.65. The van der Waals surface area contributed by atoms with Gasteiger partial charge in [-0.2, -0.15) is 5.10 Å².